The predicted molar refractivity (Wildman–Crippen MR) is 80.2 cm³/mol. The molecule has 20 heavy (non-hydrogen) atoms. The summed E-state index contributed by atoms with van der Waals surface area (Å²) in [5, 5.41) is 5.58. The number of halogens is 1. The molecule has 0 aliphatic rings. The lowest BCUT2D eigenvalue weighted by Crippen LogP contribution is -2.14. The molecule has 6 nitrogen and oxygen atoms in total. The first-order chi connectivity index (χ1) is 9.62. The average Bonchev–Trinajstić information content (AvgIpc) is 2.46. The van der Waals surface area contributed by atoms with E-state index in [1.54, 1.807) is 32.4 Å². The Morgan fingerprint density at radius 3 is 2.65 bits per heavy atom. The molecule has 0 atom stereocenters. The standard InChI is InChI=1S/C13H13BrN4O2/c1-15-12-7-16-11(6-17-12)13(19)18-9-3-8(14)4-10(5-9)20-2/h3-7H,1-2H3,(H,15,17)(H,18,19). The Balaban J connectivity index is 2.16. The summed E-state index contributed by atoms with van der Waals surface area (Å²) >= 11 is 3.35. The van der Waals surface area contributed by atoms with Gasteiger partial charge in [0.1, 0.15) is 17.3 Å². The largest absolute Gasteiger partial charge is 0.497 e. The van der Waals surface area contributed by atoms with Crippen LogP contribution in [0.5, 0.6) is 5.75 Å². The smallest absolute Gasteiger partial charge is 0.275 e. The second kappa shape index (κ2) is 6.33. The maximum atomic E-state index is 12.0. The van der Waals surface area contributed by atoms with Gasteiger partial charge in [-0.25, -0.2) is 9.97 Å². The fourth-order valence-corrected chi connectivity index (χ4v) is 1.99. The molecule has 1 amide bonds. The molecule has 2 aromatic rings. The maximum absolute atomic E-state index is 12.0. The van der Waals surface area contributed by atoms with Crippen molar-refractivity contribution in [3.8, 4) is 5.75 Å². The molecule has 0 aliphatic heterocycles. The summed E-state index contributed by atoms with van der Waals surface area (Å²) < 4.78 is 5.94. The Bertz CT molecular complexity index is 616. The lowest BCUT2D eigenvalue weighted by atomic mass is 10.3. The van der Waals surface area contributed by atoms with Gasteiger partial charge in [-0.15, -0.1) is 0 Å². The van der Waals surface area contributed by atoms with Gasteiger partial charge in [0.25, 0.3) is 5.91 Å². The molecular formula is C13H13BrN4O2. The quantitative estimate of drug-likeness (QED) is 0.897. The SMILES string of the molecule is CNc1cnc(C(=O)Nc2cc(Br)cc(OC)c2)cn1. The summed E-state index contributed by atoms with van der Waals surface area (Å²) in [6, 6.07) is 5.30. The van der Waals surface area contributed by atoms with Gasteiger partial charge in [-0.1, -0.05) is 15.9 Å². The summed E-state index contributed by atoms with van der Waals surface area (Å²) in [7, 11) is 3.30. The second-order valence-corrected chi connectivity index (χ2v) is 4.79. The molecule has 0 radical (unpaired) electrons. The number of carbonyl (C=O) groups excluding carboxylic acids is 1. The third-order valence-electron chi connectivity index (χ3n) is 2.51. The first kappa shape index (κ1) is 14.3. The predicted octanol–water partition coefficient (Wildman–Crippen LogP) is 2.54. The Morgan fingerprint density at radius 1 is 1.25 bits per heavy atom. The van der Waals surface area contributed by atoms with Gasteiger partial charge >= 0.3 is 0 Å². The molecule has 1 heterocycles. The number of hydrogen-bond acceptors (Lipinski definition) is 5. The van der Waals surface area contributed by atoms with Crippen LogP contribution >= 0.6 is 15.9 Å². The van der Waals surface area contributed by atoms with Crippen molar-refractivity contribution in [2.45, 2.75) is 0 Å². The molecule has 0 aliphatic carbocycles. The van der Waals surface area contributed by atoms with Crippen molar-refractivity contribution in [1.82, 2.24) is 9.97 Å². The van der Waals surface area contributed by atoms with Crippen molar-refractivity contribution in [2.75, 3.05) is 24.8 Å². The number of amides is 1. The molecular weight excluding hydrogens is 324 g/mol. The highest BCUT2D eigenvalue weighted by Gasteiger charge is 2.09. The van der Waals surface area contributed by atoms with E-state index >= 15 is 0 Å². The highest BCUT2D eigenvalue weighted by atomic mass is 79.9. The molecule has 1 aromatic carbocycles. The monoisotopic (exact) mass is 336 g/mol. The Morgan fingerprint density at radius 2 is 2.05 bits per heavy atom. The molecule has 104 valence electrons. The fourth-order valence-electron chi connectivity index (χ4n) is 1.52. The summed E-state index contributed by atoms with van der Waals surface area (Å²) in [5.41, 5.74) is 0.851. The van der Waals surface area contributed by atoms with E-state index < -0.39 is 0 Å². The molecule has 0 spiro atoms. The second-order valence-electron chi connectivity index (χ2n) is 3.87. The average molecular weight is 337 g/mol. The topological polar surface area (TPSA) is 76.1 Å². The number of benzene rings is 1. The highest BCUT2D eigenvalue weighted by molar-refractivity contribution is 9.10. The van der Waals surface area contributed by atoms with Crippen LogP contribution in [-0.4, -0.2) is 30.0 Å². The van der Waals surface area contributed by atoms with Crippen molar-refractivity contribution in [3.63, 3.8) is 0 Å². The fraction of sp³-hybridized carbons (Fsp3) is 0.154. The van der Waals surface area contributed by atoms with Crippen LogP contribution < -0.4 is 15.4 Å². The van der Waals surface area contributed by atoms with Crippen LogP contribution in [0.4, 0.5) is 11.5 Å². The normalized spacial score (nSPS) is 9.95. The number of hydrogen-bond donors (Lipinski definition) is 2. The molecule has 2 rings (SSSR count). The number of methoxy groups -OCH3 is 1. The summed E-state index contributed by atoms with van der Waals surface area (Å²) in [6.45, 7) is 0. The van der Waals surface area contributed by atoms with E-state index in [9.17, 15) is 4.79 Å². The zero-order chi connectivity index (χ0) is 14.5. The lowest BCUT2D eigenvalue weighted by molar-refractivity contribution is 0.102. The van der Waals surface area contributed by atoms with E-state index in [-0.39, 0.29) is 11.6 Å². The Labute approximate surface area is 124 Å². The van der Waals surface area contributed by atoms with E-state index in [0.29, 0.717) is 17.3 Å². The molecule has 2 N–H and O–H groups in total. The minimum atomic E-state index is -0.333. The summed E-state index contributed by atoms with van der Waals surface area (Å²) in [5.74, 6) is 0.914. The van der Waals surface area contributed by atoms with Crippen molar-refractivity contribution in [1.29, 1.82) is 0 Å². The van der Waals surface area contributed by atoms with Crippen LogP contribution in [0.3, 0.4) is 0 Å². The molecule has 0 bridgehead atoms. The number of nitrogens with one attached hydrogen (secondary N) is 2. The zero-order valence-corrected chi connectivity index (χ0v) is 12.6. The summed E-state index contributed by atoms with van der Waals surface area (Å²) in [4.78, 5) is 20.1. The Kier molecular flexibility index (Phi) is 4.52. The number of aromatic nitrogens is 2. The number of rotatable bonds is 4. The van der Waals surface area contributed by atoms with Gasteiger partial charge in [-0.3, -0.25) is 4.79 Å². The number of nitrogens with zero attached hydrogens (tertiary/aromatic N) is 2. The highest BCUT2D eigenvalue weighted by Crippen LogP contribution is 2.24. The first-order valence-corrected chi connectivity index (χ1v) is 6.57. The van der Waals surface area contributed by atoms with Crippen LogP contribution in [0.2, 0.25) is 0 Å². The number of anilines is 2. The van der Waals surface area contributed by atoms with Gasteiger partial charge in [0.05, 0.1) is 19.5 Å². The summed E-state index contributed by atoms with van der Waals surface area (Å²) in [6.07, 6.45) is 2.91. The molecule has 0 unspecified atom stereocenters. The van der Waals surface area contributed by atoms with Gasteiger partial charge in [0, 0.05) is 23.3 Å². The molecule has 0 saturated heterocycles. The van der Waals surface area contributed by atoms with Crippen LogP contribution in [0.25, 0.3) is 0 Å². The minimum Gasteiger partial charge on any atom is -0.497 e. The van der Waals surface area contributed by atoms with E-state index in [2.05, 4.69) is 36.5 Å². The van der Waals surface area contributed by atoms with Crippen LogP contribution in [0.15, 0.2) is 35.1 Å². The van der Waals surface area contributed by atoms with Gasteiger partial charge in [0.2, 0.25) is 0 Å². The van der Waals surface area contributed by atoms with Gasteiger partial charge < -0.3 is 15.4 Å². The van der Waals surface area contributed by atoms with Gasteiger partial charge in [-0.05, 0) is 12.1 Å². The van der Waals surface area contributed by atoms with Crippen LogP contribution in [-0.2, 0) is 0 Å². The molecule has 0 saturated carbocycles. The van der Waals surface area contributed by atoms with Crippen molar-refractivity contribution in [3.05, 3.63) is 40.8 Å². The molecule has 0 fully saturated rings. The van der Waals surface area contributed by atoms with Gasteiger partial charge in [0.15, 0.2) is 0 Å². The minimum absolute atomic E-state index is 0.239. The molecule has 7 heteroatoms. The zero-order valence-electron chi connectivity index (χ0n) is 11.0. The number of ether oxygens (including phenoxy) is 1. The van der Waals surface area contributed by atoms with Crippen molar-refractivity contribution in [2.24, 2.45) is 0 Å². The van der Waals surface area contributed by atoms with Crippen LogP contribution in [0, 0.1) is 0 Å². The van der Waals surface area contributed by atoms with Crippen molar-refractivity contribution >= 4 is 33.3 Å². The number of carbonyl (C=O) groups is 1. The van der Waals surface area contributed by atoms with Crippen LogP contribution in [0.1, 0.15) is 10.5 Å². The van der Waals surface area contributed by atoms with E-state index in [1.807, 2.05) is 0 Å². The van der Waals surface area contributed by atoms with Crippen molar-refractivity contribution < 1.29 is 9.53 Å². The Hall–Kier alpha value is -2.15. The van der Waals surface area contributed by atoms with Gasteiger partial charge in [-0.2, -0.15) is 0 Å². The third kappa shape index (κ3) is 3.45. The third-order valence-corrected chi connectivity index (χ3v) is 2.96. The molecule has 1 aromatic heterocycles. The van der Waals surface area contributed by atoms with E-state index in [0.717, 1.165) is 4.47 Å². The maximum Gasteiger partial charge on any atom is 0.275 e. The van der Waals surface area contributed by atoms with E-state index in [1.165, 1.54) is 12.4 Å². The van der Waals surface area contributed by atoms with E-state index in [4.69, 9.17) is 4.74 Å². The first-order valence-electron chi connectivity index (χ1n) is 5.78. The lowest BCUT2D eigenvalue weighted by Gasteiger charge is -2.08.